The number of halogens is 1. The highest BCUT2D eigenvalue weighted by Gasteiger charge is 2.21. The molecule has 0 aromatic rings. The van der Waals surface area contributed by atoms with Crippen LogP contribution in [0.2, 0.25) is 0 Å². The van der Waals surface area contributed by atoms with E-state index in [0.29, 0.717) is 11.7 Å². The van der Waals surface area contributed by atoms with Crippen LogP contribution < -0.4 is 0 Å². The Morgan fingerprint density at radius 1 is 1.40 bits per heavy atom. The summed E-state index contributed by atoms with van der Waals surface area (Å²) in [5.41, 5.74) is 0.0383. The molecule has 0 amide bonds. The standard InChI is InChI=1S/C7H11ClN2/c1-7(2,3)6-9-4-5(8)10-6/h4H2,1-3H3. The minimum Gasteiger partial charge on any atom is -0.263 e. The lowest BCUT2D eigenvalue weighted by molar-refractivity contribution is 0.586. The van der Waals surface area contributed by atoms with E-state index in [2.05, 4.69) is 30.8 Å². The molecule has 2 nitrogen and oxygen atoms in total. The van der Waals surface area contributed by atoms with Crippen LogP contribution in [0.5, 0.6) is 0 Å². The highest BCUT2D eigenvalue weighted by Crippen LogP contribution is 2.20. The molecule has 0 fully saturated rings. The third-order valence-electron chi connectivity index (χ3n) is 1.26. The second kappa shape index (κ2) is 2.35. The van der Waals surface area contributed by atoms with Crippen molar-refractivity contribution in [2.24, 2.45) is 15.4 Å². The smallest absolute Gasteiger partial charge is 0.130 e. The van der Waals surface area contributed by atoms with E-state index in [1.54, 1.807) is 0 Å². The molecule has 1 aliphatic heterocycles. The number of hydrogen-bond donors (Lipinski definition) is 0. The van der Waals surface area contributed by atoms with Crippen molar-refractivity contribution in [2.45, 2.75) is 20.8 Å². The fraction of sp³-hybridized carbons (Fsp3) is 0.714. The number of hydrogen-bond acceptors (Lipinski definition) is 2. The quantitative estimate of drug-likeness (QED) is 0.516. The second-order valence-corrected chi connectivity index (χ2v) is 3.81. The molecule has 1 rings (SSSR count). The summed E-state index contributed by atoms with van der Waals surface area (Å²) in [7, 11) is 0. The summed E-state index contributed by atoms with van der Waals surface area (Å²) in [4.78, 5) is 8.26. The Morgan fingerprint density at radius 3 is 2.20 bits per heavy atom. The fourth-order valence-corrected chi connectivity index (χ4v) is 0.870. The average Bonchev–Trinajstić information content (AvgIpc) is 2.11. The number of nitrogens with zero attached hydrogens (tertiary/aromatic N) is 2. The van der Waals surface area contributed by atoms with Gasteiger partial charge in [0.1, 0.15) is 11.0 Å². The van der Waals surface area contributed by atoms with Gasteiger partial charge in [0.05, 0.1) is 6.54 Å². The van der Waals surface area contributed by atoms with E-state index in [4.69, 9.17) is 11.6 Å². The molecule has 0 saturated heterocycles. The van der Waals surface area contributed by atoms with Crippen molar-refractivity contribution < 1.29 is 0 Å². The molecule has 0 saturated carbocycles. The van der Waals surface area contributed by atoms with Gasteiger partial charge in [-0.15, -0.1) is 0 Å². The van der Waals surface area contributed by atoms with Crippen LogP contribution in [0.15, 0.2) is 9.98 Å². The molecule has 0 N–H and O–H groups in total. The molecule has 0 spiro atoms. The van der Waals surface area contributed by atoms with Crippen LogP contribution in [0.4, 0.5) is 0 Å². The minimum atomic E-state index is 0.0383. The molecule has 0 unspecified atom stereocenters. The van der Waals surface area contributed by atoms with Crippen molar-refractivity contribution in [3.05, 3.63) is 0 Å². The Labute approximate surface area is 66.0 Å². The second-order valence-electron chi connectivity index (χ2n) is 3.38. The molecule has 1 heterocycles. The molecule has 0 radical (unpaired) electrons. The molecule has 0 aromatic carbocycles. The van der Waals surface area contributed by atoms with E-state index < -0.39 is 0 Å². The van der Waals surface area contributed by atoms with E-state index in [-0.39, 0.29) is 5.41 Å². The predicted octanol–water partition coefficient (Wildman–Crippen LogP) is 2.08. The Bertz CT molecular complexity index is 198. The van der Waals surface area contributed by atoms with Gasteiger partial charge in [-0.05, 0) is 0 Å². The molecule has 1 aliphatic rings. The van der Waals surface area contributed by atoms with E-state index >= 15 is 0 Å². The maximum atomic E-state index is 5.65. The van der Waals surface area contributed by atoms with Crippen LogP contribution >= 0.6 is 11.6 Å². The Hall–Kier alpha value is -0.370. The average molecular weight is 159 g/mol. The Morgan fingerprint density at radius 2 is 2.00 bits per heavy atom. The molecule has 0 bridgehead atoms. The molecule has 0 aliphatic carbocycles. The van der Waals surface area contributed by atoms with E-state index in [0.717, 1.165) is 5.84 Å². The van der Waals surface area contributed by atoms with E-state index in [9.17, 15) is 0 Å². The van der Waals surface area contributed by atoms with Crippen molar-refractivity contribution >= 4 is 22.6 Å². The van der Waals surface area contributed by atoms with Crippen molar-refractivity contribution in [1.82, 2.24) is 0 Å². The van der Waals surface area contributed by atoms with Gasteiger partial charge in [0, 0.05) is 5.41 Å². The van der Waals surface area contributed by atoms with Crippen molar-refractivity contribution in [3.8, 4) is 0 Å². The SMILES string of the molecule is CC(C)(C)C1=NCC(Cl)=N1. The zero-order valence-corrected chi connectivity index (χ0v) is 7.24. The van der Waals surface area contributed by atoms with Crippen molar-refractivity contribution in [2.75, 3.05) is 6.54 Å². The topological polar surface area (TPSA) is 24.7 Å². The highest BCUT2D eigenvalue weighted by molar-refractivity contribution is 6.67. The number of aliphatic imine (C=N–C) groups is 2. The maximum absolute atomic E-state index is 5.65. The minimum absolute atomic E-state index is 0.0383. The first-order valence-corrected chi connectivity index (χ1v) is 3.66. The summed E-state index contributed by atoms with van der Waals surface area (Å²) in [5.74, 6) is 0.859. The van der Waals surface area contributed by atoms with Gasteiger partial charge >= 0.3 is 0 Å². The lowest BCUT2D eigenvalue weighted by atomic mass is 9.95. The van der Waals surface area contributed by atoms with Gasteiger partial charge in [-0.25, -0.2) is 4.99 Å². The highest BCUT2D eigenvalue weighted by atomic mass is 35.5. The largest absolute Gasteiger partial charge is 0.263 e. The maximum Gasteiger partial charge on any atom is 0.130 e. The summed E-state index contributed by atoms with van der Waals surface area (Å²) < 4.78 is 0. The summed E-state index contributed by atoms with van der Waals surface area (Å²) in [6.45, 7) is 6.79. The fourth-order valence-electron chi connectivity index (χ4n) is 0.731. The van der Waals surface area contributed by atoms with Crippen LogP contribution in [0.3, 0.4) is 0 Å². The lowest BCUT2D eigenvalue weighted by Crippen LogP contribution is -2.16. The summed E-state index contributed by atoms with van der Waals surface area (Å²) in [6.07, 6.45) is 0. The van der Waals surface area contributed by atoms with E-state index in [1.807, 2.05) is 0 Å². The first-order valence-electron chi connectivity index (χ1n) is 3.28. The molecule has 10 heavy (non-hydrogen) atoms. The molecule has 56 valence electrons. The van der Waals surface area contributed by atoms with Crippen LogP contribution in [0.25, 0.3) is 0 Å². The van der Waals surface area contributed by atoms with Gasteiger partial charge in [-0.1, -0.05) is 32.4 Å². The summed E-state index contributed by atoms with van der Waals surface area (Å²) >= 11 is 5.65. The van der Waals surface area contributed by atoms with Crippen molar-refractivity contribution in [1.29, 1.82) is 0 Å². The molecule has 0 atom stereocenters. The number of amidine groups is 1. The Kier molecular flexibility index (Phi) is 1.82. The van der Waals surface area contributed by atoms with Crippen LogP contribution in [-0.4, -0.2) is 17.6 Å². The first-order chi connectivity index (χ1) is 4.50. The molecular formula is C7H11ClN2. The third-order valence-corrected chi connectivity index (χ3v) is 1.46. The van der Waals surface area contributed by atoms with E-state index in [1.165, 1.54) is 0 Å². The van der Waals surface area contributed by atoms with Crippen molar-refractivity contribution in [3.63, 3.8) is 0 Å². The zero-order valence-electron chi connectivity index (χ0n) is 6.48. The van der Waals surface area contributed by atoms with Gasteiger partial charge in [0.2, 0.25) is 0 Å². The Balaban J connectivity index is 2.77. The van der Waals surface area contributed by atoms with Gasteiger partial charge < -0.3 is 0 Å². The van der Waals surface area contributed by atoms with Gasteiger partial charge in [0.25, 0.3) is 0 Å². The van der Waals surface area contributed by atoms with Gasteiger partial charge in [0.15, 0.2) is 0 Å². The monoisotopic (exact) mass is 158 g/mol. The normalized spacial score (nSPS) is 18.8. The summed E-state index contributed by atoms with van der Waals surface area (Å²) in [6, 6.07) is 0. The lowest BCUT2D eigenvalue weighted by Gasteiger charge is -2.14. The van der Waals surface area contributed by atoms with Crippen LogP contribution in [0.1, 0.15) is 20.8 Å². The van der Waals surface area contributed by atoms with Crippen LogP contribution in [0, 0.1) is 5.41 Å². The summed E-state index contributed by atoms with van der Waals surface area (Å²) in [5, 5.41) is 0.602. The molecule has 0 aromatic heterocycles. The van der Waals surface area contributed by atoms with Crippen LogP contribution in [-0.2, 0) is 0 Å². The van der Waals surface area contributed by atoms with Gasteiger partial charge in [-0.2, -0.15) is 0 Å². The third kappa shape index (κ3) is 1.57. The number of rotatable bonds is 0. The first kappa shape index (κ1) is 7.73. The van der Waals surface area contributed by atoms with Gasteiger partial charge in [-0.3, -0.25) is 4.99 Å². The zero-order chi connectivity index (χ0) is 7.78. The molecular weight excluding hydrogens is 148 g/mol. The predicted molar refractivity (Wildman–Crippen MR) is 45.0 cm³/mol. The molecule has 3 heteroatoms.